The Morgan fingerprint density at radius 2 is 2.22 bits per heavy atom. The van der Waals surface area contributed by atoms with Crippen LogP contribution in [0.15, 0.2) is 30.5 Å². The highest BCUT2D eigenvalue weighted by molar-refractivity contribution is 5.80. The van der Waals surface area contributed by atoms with E-state index in [0.717, 1.165) is 17.3 Å². The Morgan fingerprint density at radius 1 is 1.44 bits per heavy atom. The molecular weight excluding hydrogens is 234 g/mol. The first kappa shape index (κ1) is 13.7. The van der Waals surface area contributed by atoms with Gasteiger partial charge in [0.1, 0.15) is 0 Å². The fraction of sp³-hybridized carbons (Fsp3) is 0.250. The predicted molar refractivity (Wildman–Crippen MR) is 66.0 cm³/mol. The molecule has 0 aliphatic rings. The maximum atomic E-state index is 11.3. The van der Waals surface area contributed by atoms with Gasteiger partial charge in [-0.1, -0.05) is 12.1 Å². The average Bonchev–Trinajstić information content (AvgIpc) is 2.33. The van der Waals surface area contributed by atoms with Gasteiger partial charge in [0.05, 0.1) is 12.2 Å². The van der Waals surface area contributed by atoms with Gasteiger partial charge in [-0.2, -0.15) is 0 Å². The maximum Gasteiger partial charge on any atom is 0.328 e. The van der Waals surface area contributed by atoms with Crippen LogP contribution in [0.1, 0.15) is 11.3 Å². The minimum absolute atomic E-state index is 0.166. The third-order valence-corrected chi connectivity index (χ3v) is 2.18. The number of aryl methyl sites for hydroxylation is 1. The number of amides is 2. The van der Waals surface area contributed by atoms with Gasteiger partial charge in [0.15, 0.2) is 0 Å². The van der Waals surface area contributed by atoms with Gasteiger partial charge in [-0.15, -0.1) is 0 Å². The van der Waals surface area contributed by atoms with E-state index in [2.05, 4.69) is 15.6 Å². The van der Waals surface area contributed by atoms with E-state index in [1.54, 1.807) is 6.20 Å². The molecule has 3 N–H and O–H groups in total. The molecule has 1 heterocycles. The van der Waals surface area contributed by atoms with E-state index in [1.165, 1.54) is 6.08 Å². The van der Waals surface area contributed by atoms with E-state index in [1.807, 2.05) is 19.1 Å². The van der Waals surface area contributed by atoms with E-state index in [0.29, 0.717) is 6.54 Å². The third kappa shape index (κ3) is 5.11. The topological polar surface area (TPSA) is 91.3 Å². The van der Waals surface area contributed by atoms with Gasteiger partial charge in [0, 0.05) is 18.8 Å². The Morgan fingerprint density at radius 3 is 2.89 bits per heavy atom. The summed E-state index contributed by atoms with van der Waals surface area (Å²) in [5, 5.41) is 13.5. The number of aromatic nitrogens is 1. The van der Waals surface area contributed by atoms with E-state index < -0.39 is 5.97 Å². The number of carboxylic acid groups (broad SMARTS) is 1. The third-order valence-electron chi connectivity index (χ3n) is 2.18. The summed E-state index contributed by atoms with van der Waals surface area (Å²) in [5.74, 6) is -1.04. The van der Waals surface area contributed by atoms with E-state index in [4.69, 9.17) is 5.11 Å². The Kier molecular flexibility index (Phi) is 5.37. The molecule has 6 nitrogen and oxygen atoms in total. The number of hydrogen-bond acceptors (Lipinski definition) is 3. The molecule has 0 fully saturated rings. The molecule has 0 aliphatic carbocycles. The number of urea groups is 1. The summed E-state index contributed by atoms with van der Waals surface area (Å²) in [4.78, 5) is 25.6. The van der Waals surface area contributed by atoms with Gasteiger partial charge in [0.2, 0.25) is 0 Å². The van der Waals surface area contributed by atoms with Crippen molar-refractivity contribution in [2.45, 2.75) is 13.5 Å². The molecule has 0 saturated carbocycles. The number of nitrogens with one attached hydrogen (secondary N) is 2. The molecule has 1 aromatic rings. The zero-order valence-electron chi connectivity index (χ0n) is 10.0. The number of carbonyl (C=O) groups excluding carboxylic acids is 1. The first-order valence-corrected chi connectivity index (χ1v) is 5.41. The molecule has 0 saturated heterocycles. The molecule has 96 valence electrons. The van der Waals surface area contributed by atoms with Crippen LogP contribution in [-0.4, -0.2) is 28.6 Å². The van der Waals surface area contributed by atoms with Crippen molar-refractivity contribution in [3.8, 4) is 0 Å². The second kappa shape index (κ2) is 7.05. The first-order chi connectivity index (χ1) is 8.59. The van der Waals surface area contributed by atoms with Crippen molar-refractivity contribution in [2.24, 2.45) is 0 Å². The van der Waals surface area contributed by atoms with Gasteiger partial charge in [-0.25, -0.2) is 9.59 Å². The van der Waals surface area contributed by atoms with Crippen molar-refractivity contribution in [3.63, 3.8) is 0 Å². The Hall–Kier alpha value is -2.37. The molecule has 2 amide bonds. The van der Waals surface area contributed by atoms with Crippen molar-refractivity contribution in [3.05, 3.63) is 41.7 Å². The van der Waals surface area contributed by atoms with Crippen LogP contribution in [-0.2, 0) is 11.3 Å². The van der Waals surface area contributed by atoms with Crippen LogP contribution in [0, 0.1) is 6.92 Å². The molecule has 6 heteroatoms. The van der Waals surface area contributed by atoms with Crippen LogP contribution in [0.2, 0.25) is 0 Å². The number of hydrogen-bond donors (Lipinski definition) is 3. The summed E-state index contributed by atoms with van der Waals surface area (Å²) in [6.07, 6.45) is 3.99. The molecule has 1 rings (SSSR count). The van der Waals surface area contributed by atoms with Crippen molar-refractivity contribution in [1.82, 2.24) is 15.6 Å². The molecule has 0 spiro atoms. The fourth-order valence-electron chi connectivity index (χ4n) is 1.24. The van der Waals surface area contributed by atoms with Crippen LogP contribution in [0.25, 0.3) is 0 Å². The van der Waals surface area contributed by atoms with Gasteiger partial charge >= 0.3 is 12.0 Å². The van der Waals surface area contributed by atoms with Crippen LogP contribution in [0.5, 0.6) is 0 Å². The van der Waals surface area contributed by atoms with Crippen LogP contribution in [0.3, 0.4) is 0 Å². The summed E-state index contributed by atoms with van der Waals surface area (Å²) in [5.41, 5.74) is 1.80. The van der Waals surface area contributed by atoms with Crippen LogP contribution in [0.4, 0.5) is 4.79 Å². The molecule has 1 aromatic heterocycles. The van der Waals surface area contributed by atoms with Crippen molar-refractivity contribution in [2.75, 3.05) is 6.54 Å². The number of carbonyl (C=O) groups is 2. The number of aliphatic carboxylic acids is 1. The lowest BCUT2D eigenvalue weighted by molar-refractivity contribution is -0.131. The van der Waals surface area contributed by atoms with Crippen molar-refractivity contribution < 1.29 is 14.7 Å². The highest BCUT2D eigenvalue weighted by atomic mass is 16.4. The second-order valence-corrected chi connectivity index (χ2v) is 3.57. The molecule has 18 heavy (non-hydrogen) atoms. The number of carboxylic acids is 1. The fourth-order valence-corrected chi connectivity index (χ4v) is 1.24. The Bertz CT molecular complexity index is 458. The van der Waals surface area contributed by atoms with Gasteiger partial charge in [-0.3, -0.25) is 4.98 Å². The van der Waals surface area contributed by atoms with E-state index in [-0.39, 0.29) is 12.6 Å². The first-order valence-electron chi connectivity index (χ1n) is 5.41. The number of pyridine rings is 1. The molecule has 0 aromatic carbocycles. The smallest absolute Gasteiger partial charge is 0.328 e. The molecule has 0 unspecified atom stereocenters. The summed E-state index contributed by atoms with van der Waals surface area (Å²) >= 11 is 0. The highest BCUT2D eigenvalue weighted by Crippen LogP contribution is 2.01. The Labute approximate surface area is 105 Å². The summed E-state index contributed by atoms with van der Waals surface area (Å²) < 4.78 is 0. The predicted octanol–water partition coefficient (Wildman–Crippen LogP) is 0.830. The average molecular weight is 249 g/mol. The molecule has 0 aliphatic heterocycles. The minimum atomic E-state index is -1.04. The number of rotatable bonds is 5. The standard InChI is InChI=1S/C12H15N3O3/c1-9-4-2-6-13-10(9)8-15-12(18)14-7-3-5-11(16)17/h2-6H,7-8H2,1H3,(H,16,17)(H2,14,15,18)/b5-3+. The quantitative estimate of drug-likeness (QED) is 0.674. The van der Waals surface area contributed by atoms with E-state index >= 15 is 0 Å². The van der Waals surface area contributed by atoms with Gasteiger partial charge in [-0.05, 0) is 18.6 Å². The second-order valence-electron chi connectivity index (χ2n) is 3.57. The van der Waals surface area contributed by atoms with E-state index in [9.17, 15) is 9.59 Å². The summed E-state index contributed by atoms with van der Waals surface area (Å²) in [6, 6.07) is 3.38. The monoisotopic (exact) mass is 249 g/mol. The normalized spacial score (nSPS) is 10.3. The minimum Gasteiger partial charge on any atom is -0.478 e. The lowest BCUT2D eigenvalue weighted by atomic mass is 10.2. The molecule has 0 atom stereocenters. The van der Waals surface area contributed by atoms with Gasteiger partial charge < -0.3 is 15.7 Å². The summed E-state index contributed by atoms with van der Waals surface area (Å²) in [7, 11) is 0. The molecule has 0 bridgehead atoms. The van der Waals surface area contributed by atoms with Crippen LogP contribution >= 0.6 is 0 Å². The highest BCUT2D eigenvalue weighted by Gasteiger charge is 2.01. The molecular formula is C12H15N3O3. The van der Waals surface area contributed by atoms with Crippen molar-refractivity contribution in [1.29, 1.82) is 0 Å². The largest absolute Gasteiger partial charge is 0.478 e. The van der Waals surface area contributed by atoms with Crippen molar-refractivity contribution >= 4 is 12.0 Å². The lowest BCUT2D eigenvalue weighted by Gasteiger charge is -2.07. The SMILES string of the molecule is Cc1cccnc1CNC(=O)NC/C=C/C(=O)O. The maximum absolute atomic E-state index is 11.3. The lowest BCUT2D eigenvalue weighted by Crippen LogP contribution is -2.35. The molecule has 0 radical (unpaired) electrons. The van der Waals surface area contributed by atoms with Crippen LogP contribution < -0.4 is 10.6 Å². The zero-order chi connectivity index (χ0) is 13.4. The van der Waals surface area contributed by atoms with Gasteiger partial charge in [0.25, 0.3) is 0 Å². The Balaban J connectivity index is 2.29. The zero-order valence-corrected chi connectivity index (χ0v) is 10.0. The number of nitrogens with zero attached hydrogens (tertiary/aromatic N) is 1. The summed E-state index contributed by atoms with van der Waals surface area (Å²) in [6.45, 7) is 2.41.